The number of anilines is 3. The number of aryl methyl sites for hydroxylation is 1. The molecule has 0 N–H and O–H groups in total. The van der Waals surface area contributed by atoms with Crippen molar-refractivity contribution in [3.05, 3.63) is 53.6 Å². The van der Waals surface area contributed by atoms with E-state index in [1.165, 1.54) is 16.9 Å². The third kappa shape index (κ3) is 1.73. The van der Waals surface area contributed by atoms with Crippen LogP contribution in [0.1, 0.15) is 18.1 Å². The van der Waals surface area contributed by atoms with Gasteiger partial charge in [-0.3, -0.25) is 0 Å². The fourth-order valence-corrected chi connectivity index (χ4v) is 2.82. The molecule has 3 heteroatoms. The molecule has 100 valence electrons. The molecular formula is C17H17N3. The SMILES string of the molecule is Cc1ccccc1N1c2cc(C#N)ccc2N(C)C1C. The molecule has 3 rings (SSSR count). The standard InChI is InChI=1S/C17H17N3/c1-12-6-4-5-7-15(12)20-13(2)19(3)16-9-8-14(11-18)10-17(16)20/h4-10,13H,1-3H3. The van der Waals surface area contributed by atoms with Crippen LogP contribution in [-0.4, -0.2) is 13.2 Å². The number of hydrogen-bond acceptors (Lipinski definition) is 3. The van der Waals surface area contributed by atoms with E-state index in [0.717, 1.165) is 5.69 Å². The van der Waals surface area contributed by atoms with E-state index in [1.807, 2.05) is 18.2 Å². The highest BCUT2D eigenvalue weighted by Crippen LogP contribution is 2.44. The minimum Gasteiger partial charge on any atom is -0.353 e. The lowest BCUT2D eigenvalue weighted by Gasteiger charge is -2.28. The molecule has 0 spiro atoms. The normalized spacial score (nSPS) is 17.0. The number of hydrogen-bond donors (Lipinski definition) is 0. The molecule has 1 heterocycles. The topological polar surface area (TPSA) is 30.3 Å². The van der Waals surface area contributed by atoms with Gasteiger partial charge in [-0.05, 0) is 43.7 Å². The highest BCUT2D eigenvalue weighted by molar-refractivity contribution is 5.85. The molecular weight excluding hydrogens is 246 g/mol. The molecule has 2 aromatic rings. The Morgan fingerprint density at radius 3 is 2.50 bits per heavy atom. The zero-order valence-corrected chi connectivity index (χ0v) is 12.0. The molecule has 0 saturated carbocycles. The monoisotopic (exact) mass is 263 g/mol. The van der Waals surface area contributed by atoms with E-state index in [2.05, 4.69) is 61.0 Å². The number of fused-ring (bicyclic) bond motifs is 1. The average molecular weight is 263 g/mol. The minimum absolute atomic E-state index is 0.236. The third-order valence-corrected chi connectivity index (χ3v) is 4.05. The molecule has 20 heavy (non-hydrogen) atoms. The zero-order valence-electron chi connectivity index (χ0n) is 12.0. The second-order valence-corrected chi connectivity index (χ2v) is 5.21. The van der Waals surface area contributed by atoms with E-state index in [9.17, 15) is 0 Å². The first-order valence-corrected chi connectivity index (χ1v) is 6.75. The van der Waals surface area contributed by atoms with Crippen LogP contribution in [0.25, 0.3) is 0 Å². The maximum Gasteiger partial charge on any atom is 0.103 e. The van der Waals surface area contributed by atoms with Crippen molar-refractivity contribution < 1.29 is 0 Å². The van der Waals surface area contributed by atoms with Crippen molar-refractivity contribution in [1.29, 1.82) is 5.26 Å². The van der Waals surface area contributed by atoms with Crippen molar-refractivity contribution in [2.45, 2.75) is 20.0 Å². The largest absolute Gasteiger partial charge is 0.353 e. The summed E-state index contributed by atoms with van der Waals surface area (Å²) in [7, 11) is 2.09. The predicted octanol–water partition coefficient (Wildman–Crippen LogP) is 3.80. The van der Waals surface area contributed by atoms with E-state index in [4.69, 9.17) is 5.26 Å². The van der Waals surface area contributed by atoms with Crippen LogP contribution in [0.5, 0.6) is 0 Å². The van der Waals surface area contributed by atoms with Crippen LogP contribution in [0, 0.1) is 18.3 Å². The summed E-state index contributed by atoms with van der Waals surface area (Å²) in [6, 6.07) is 16.5. The first-order valence-electron chi connectivity index (χ1n) is 6.75. The van der Waals surface area contributed by atoms with Gasteiger partial charge in [0.25, 0.3) is 0 Å². The van der Waals surface area contributed by atoms with Crippen molar-refractivity contribution in [1.82, 2.24) is 0 Å². The van der Waals surface area contributed by atoms with Gasteiger partial charge in [0.1, 0.15) is 6.17 Å². The summed E-state index contributed by atoms with van der Waals surface area (Å²) in [5.74, 6) is 0. The van der Waals surface area contributed by atoms with Gasteiger partial charge in [-0.25, -0.2) is 0 Å². The first-order chi connectivity index (χ1) is 9.63. The number of nitriles is 1. The van der Waals surface area contributed by atoms with Gasteiger partial charge in [-0.15, -0.1) is 0 Å². The van der Waals surface area contributed by atoms with Gasteiger partial charge in [0, 0.05) is 12.7 Å². The van der Waals surface area contributed by atoms with Gasteiger partial charge < -0.3 is 9.80 Å². The Balaban J connectivity index is 2.19. The number of rotatable bonds is 1. The molecule has 2 aromatic carbocycles. The molecule has 0 amide bonds. The summed E-state index contributed by atoms with van der Waals surface area (Å²) in [5, 5.41) is 9.13. The van der Waals surface area contributed by atoms with E-state index >= 15 is 0 Å². The van der Waals surface area contributed by atoms with Gasteiger partial charge in [-0.2, -0.15) is 5.26 Å². The molecule has 1 aliphatic rings. The van der Waals surface area contributed by atoms with Crippen molar-refractivity contribution >= 4 is 17.1 Å². The molecule has 0 saturated heterocycles. The Labute approximate surface area is 119 Å². The third-order valence-electron chi connectivity index (χ3n) is 4.05. The summed E-state index contributed by atoms with van der Waals surface area (Å²) < 4.78 is 0. The molecule has 0 aromatic heterocycles. The lowest BCUT2D eigenvalue weighted by Crippen LogP contribution is -2.35. The van der Waals surface area contributed by atoms with E-state index in [-0.39, 0.29) is 6.17 Å². The predicted molar refractivity (Wildman–Crippen MR) is 82.3 cm³/mol. The van der Waals surface area contributed by atoms with Crippen LogP contribution < -0.4 is 9.80 Å². The smallest absolute Gasteiger partial charge is 0.103 e. The highest BCUT2D eigenvalue weighted by Gasteiger charge is 2.32. The fourth-order valence-electron chi connectivity index (χ4n) is 2.82. The van der Waals surface area contributed by atoms with Crippen LogP contribution in [-0.2, 0) is 0 Å². The van der Waals surface area contributed by atoms with Gasteiger partial charge in [-0.1, -0.05) is 18.2 Å². The maximum absolute atomic E-state index is 9.13. The molecule has 1 atom stereocenters. The van der Waals surface area contributed by atoms with E-state index in [1.54, 1.807) is 0 Å². The summed E-state index contributed by atoms with van der Waals surface area (Å²) in [5.41, 5.74) is 5.40. The Bertz CT molecular complexity index is 700. The summed E-state index contributed by atoms with van der Waals surface area (Å²) in [4.78, 5) is 4.54. The van der Waals surface area contributed by atoms with Crippen LogP contribution >= 0.6 is 0 Å². The average Bonchev–Trinajstić information content (AvgIpc) is 2.71. The van der Waals surface area contributed by atoms with Crippen molar-refractivity contribution in [2.75, 3.05) is 16.8 Å². The quantitative estimate of drug-likeness (QED) is 0.784. The molecule has 1 aliphatic heterocycles. The van der Waals surface area contributed by atoms with E-state index < -0.39 is 0 Å². The van der Waals surface area contributed by atoms with Gasteiger partial charge in [0.2, 0.25) is 0 Å². The zero-order chi connectivity index (χ0) is 14.3. The molecule has 1 unspecified atom stereocenters. The van der Waals surface area contributed by atoms with Crippen LogP contribution in [0.15, 0.2) is 42.5 Å². The maximum atomic E-state index is 9.13. The Hall–Kier alpha value is -2.47. The van der Waals surface area contributed by atoms with Crippen LogP contribution in [0.4, 0.5) is 17.1 Å². The van der Waals surface area contributed by atoms with E-state index in [0.29, 0.717) is 5.56 Å². The van der Waals surface area contributed by atoms with Crippen molar-refractivity contribution in [2.24, 2.45) is 0 Å². The lowest BCUT2D eigenvalue weighted by molar-refractivity contribution is 0.732. The highest BCUT2D eigenvalue weighted by atomic mass is 15.4. The van der Waals surface area contributed by atoms with Gasteiger partial charge >= 0.3 is 0 Å². The van der Waals surface area contributed by atoms with Crippen LogP contribution in [0.3, 0.4) is 0 Å². The Morgan fingerprint density at radius 2 is 1.80 bits per heavy atom. The molecule has 0 radical (unpaired) electrons. The second-order valence-electron chi connectivity index (χ2n) is 5.21. The summed E-state index contributed by atoms with van der Waals surface area (Å²) >= 11 is 0. The Morgan fingerprint density at radius 1 is 1.05 bits per heavy atom. The molecule has 0 bridgehead atoms. The van der Waals surface area contributed by atoms with Gasteiger partial charge in [0.05, 0.1) is 23.0 Å². The number of para-hydroxylation sites is 1. The van der Waals surface area contributed by atoms with Crippen molar-refractivity contribution in [3.8, 4) is 6.07 Å². The first kappa shape index (κ1) is 12.6. The molecule has 0 aliphatic carbocycles. The van der Waals surface area contributed by atoms with Gasteiger partial charge in [0.15, 0.2) is 0 Å². The molecule has 3 nitrogen and oxygen atoms in total. The minimum atomic E-state index is 0.236. The second kappa shape index (κ2) is 4.57. The number of benzene rings is 2. The molecule has 0 fully saturated rings. The lowest BCUT2D eigenvalue weighted by atomic mass is 10.1. The Kier molecular flexibility index (Phi) is 2.87. The van der Waals surface area contributed by atoms with Crippen LogP contribution in [0.2, 0.25) is 0 Å². The summed E-state index contributed by atoms with van der Waals surface area (Å²) in [6.45, 7) is 4.30. The fraction of sp³-hybridized carbons (Fsp3) is 0.235. The summed E-state index contributed by atoms with van der Waals surface area (Å²) in [6.07, 6.45) is 0.236. The number of nitrogens with zero attached hydrogens (tertiary/aromatic N) is 3. The van der Waals surface area contributed by atoms with Crippen molar-refractivity contribution in [3.63, 3.8) is 0 Å².